The molecule has 2 aromatic carbocycles. The van der Waals surface area contributed by atoms with Gasteiger partial charge in [-0.05, 0) is 24.3 Å². The molecule has 7 heteroatoms. The average Bonchev–Trinajstić information content (AvgIpc) is 2.61. The van der Waals surface area contributed by atoms with Crippen molar-refractivity contribution in [1.82, 2.24) is 0 Å². The molecule has 0 aliphatic carbocycles. The van der Waals surface area contributed by atoms with Gasteiger partial charge in [0.05, 0.1) is 37.0 Å². The topological polar surface area (TPSA) is 59.1 Å². The van der Waals surface area contributed by atoms with E-state index in [1.54, 1.807) is 6.07 Å². The van der Waals surface area contributed by atoms with Crippen LogP contribution in [-0.4, -0.2) is 42.8 Å². The molecule has 3 rings (SSSR count). The van der Waals surface area contributed by atoms with Crippen LogP contribution in [0.5, 0.6) is 11.5 Å². The molecule has 1 aliphatic heterocycles. The molecule has 0 aromatic heterocycles. The van der Waals surface area contributed by atoms with Gasteiger partial charge in [-0.3, -0.25) is 4.31 Å². The molecule has 1 aliphatic rings. The van der Waals surface area contributed by atoms with Gasteiger partial charge in [0, 0.05) is 19.7 Å². The molecule has 0 saturated heterocycles. The molecule has 0 saturated carbocycles. The van der Waals surface area contributed by atoms with Gasteiger partial charge >= 0.3 is 0 Å². The maximum Gasteiger partial charge on any atom is 0.264 e. The van der Waals surface area contributed by atoms with Crippen LogP contribution < -0.4 is 18.7 Å². The molecule has 128 valence electrons. The van der Waals surface area contributed by atoms with Gasteiger partial charge in [-0.2, -0.15) is 0 Å². The fourth-order valence-electron chi connectivity index (χ4n) is 2.83. The zero-order valence-corrected chi connectivity index (χ0v) is 14.7. The molecular weight excluding hydrogens is 328 g/mol. The molecule has 0 radical (unpaired) electrons. The number of benzene rings is 2. The largest absolute Gasteiger partial charge is 0.493 e. The highest BCUT2D eigenvalue weighted by Crippen LogP contribution is 2.37. The Morgan fingerprint density at radius 2 is 1.58 bits per heavy atom. The van der Waals surface area contributed by atoms with E-state index in [-0.39, 0.29) is 4.90 Å². The van der Waals surface area contributed by atoms with Crippen molar-refractivity contribution in [2.45, 2.75) is 4.90 Å². The van der Waals surface area contributed by atoms with Crippen LogP contribution in [0.1, 0.15) is 0 Å². The monoisotopic (exact) mass is 348 g/mol. The van der Waals surface area contributed by atoms with Crippen LogP contribution in [0, 0.1) is 0 Å². The standard InChI is InChI=1S/C17H20N2O4S/c1-18-10-11-19(15-7-5-4-6-14(15)18)24(20,21)13-8-9-16(22-2)17(12-13)23-3/h4-9,12H,10-11H2,1-3H3. The van der Waals surface area contributed by atoms with Gasteiger partial charge in [0.25, 0.3) is 10.0 Å². The summed E-state index contributed by atoms with van der Waals surface area (Å²) in [6.07, 6.45) is 0. The number of anilines is 2. The van der Waals surface area contributed by atoms with Crippen molar-refractivity contribution in [1.29, 1.82) is 0 Å². The van der Waals surface area contributed by atoms with Crippen LogP contribution in [-0.2, 0) is 10.0 Å². The van der Waals surface area contributed by atoms with Crippen molar-refractivity contribution >= 4 is 21.4 Å². The summed E-state index contributed by atoms with van der Waals surface area (Å²) in [4.78, 5) is 2.23. The van der Waals surface area contributed by atoms with E-state index in [9.17, 15) is 8.42 Å². The Morgan fingerprint density at radius 1 is 0.917 bits per heavy atom. The Balaban J connectivity index is 2.08. The Morgan fingerprint density at radius 3 is 2.25 bits per heavy atom. The number of nitrogens with zero attached hydrogens (tertiary/aromatic N) is 2. The maximum atomic E-state index is 13.1. The minimum absolute atomic E-state index is 0.180. The van der Waals surface area contributed by atoms with E-state index in [0.29, 0.717) is 30.3 Å². The molecule has 0 bridgehead atoms. The molecule has 0 unspecified atom stereocenters. The highest BCUT2D eigenvalue weighted by atomic mass is 32.2. The molecular formula is C17H20N2O4S. The Hall–Kier alpha value is -2.41. The Kier molecular flexibility index (Phi) is 4.28. The summed E-state index contributed by atoms with van der Waals surface area (Å²) in [7, 11) is 1.27. The lowest BCUT2D eigenvalue weighted by Gasteiger charge is -2.36. The number of sulfonamides is 1. The van der Waals surface area contributed by atoms with Gasteiger partial charge in [-0.25, -0.2) is 8.42 Å². The predicted octanol–water partition coefficient (Wildman–Crippen LogP) is 2.35. The van der Waals surface area contributed by atoms with E-state index in [1.165, 1.54) is 30.7 Å². The van der Waals surface area contributed by atoms with Crippen LogP contribution in [0.3, 0.4) is 0 Å². The minimum atomic E-state index is -3.69. The average molecular weight is 348 g/mol. The fraction of sp³-hybridized carbons (Fsp3) is 0.294. The van der Waals surface area contributed by atoms with E-state index in [4.69, 9.17) is 9.47 Å². The quantitative estimate of drug-likeness (QED) is 0.849. The molecule has 24 heavy (non-hydrogen) atoms. The van der Waals surface area contributed by atoms with Crippen LogP contribution in [0.2, 0.25) is 0 Å². The van der Waals surface area contributed by atoms with Crippen LogP contribution in [0.25, 0.3) is 0 Å². The summed E-state index contributed by atoms with van der Waals surface area (Å²) >= 11 is 0. The SMILES string of the molecule is COc1ccc(S(=O)(=O)N2CCN(C)c3ccccc32)cc1OC. The summed E-state index contributed by atoms with van der Waals surface area (Å²) in [6, 6.07) is 12.1. The lowest BCUT2D eigenvalue weighted by Crippen LogP contribution is -2.42. The molecule has 0 amide bonds. The molecule has 0 N–H and O–H groups in total. The summed E-state index contributed by atoms with van der Waals surface area (Å²) in [5.41, 5.74) is 1.58. The predicted molar refractivity (Wildman–Crippen MR) is 93.8 cm³/mol. The van der Waals surface area contributed by atoms with Gasteiger partial charge in [0.15, 0.2) is 11.5 Å². The Labute approximate surface area is 142 Å². The smallest absolute Gasteiger partial charge is 0.264 e. The second kappa shape index (κ2) is 6.24. The summed E-state index contributed by atoms with van der Waals surface area (Å²) < 4.78 is 38.1. The lowest BCUT2D eigenvalue weighted by molar-refractivity contribution is 0.354. The molecule has 6 nitrogen and oxygen atoms in total. The van der Waals surface area contributed by atoms with E-state index in [1.807, 2.05) is 31.3 Å². The van der Waals surface area contributed by atoms with Crippen molar-refractivity contribution in [2.75, 3.05) is 43.6 Å². The second-order valence-corrected chi connectivity index (χ2v) is 7.37. The number of para-hydroxylation sites is 2. The first-order chi connectivity index (χ1) is 11.5. The first-order valence-electron chi connectivity index (χ1n) is 7.54. The first kappa shape index (κ1) is 16.4. The fourth-order valence-corrected chi connectivity index (χ4v) is 4.32. The van der Waals surface area contributed by atoms with E-state index in [2.05, 4.69) is 4.90 Å². The van der Waals surface area contributed by atoms with Gasteiger partial charge in [-0.1, -0.05) is 12.1 Å². The third-order valence-corrected chi connectivity index (χ3v) is 5.95. The van der Waals surface area contributed by atoms with E-state index in [0.717, 1.165) is 5.69 Å². The number of likely N-dealkylation sites (N-methyl/N-ethyl adjacent to an activating group) is 1. The van der Waals surface area contributed by atoms with Gasteiger partial charge in [0.2, 0.25) is 0 Å². The number of hydrogen-bond donors (Lipinski definition) is 0. The van der Waals surface area contributed by atoms with Crippen molar-refractivity contribution in [3.63, 3.8) is 0 Å². The van der Waals surface area contributed by atoms with Crippen LogP contribution in [0.15, 0.2) is 47.4 Å². The minimum Gasteiger partial charge on any atom is -0.493 e. The van der Waals surface area contributed by atoms with Crippen molar-refractivity contribution in [3.8, 4) is 11.5 Å². The molecule has 0 fully saturated rings. The van der Waals surface area contributed by atoms with Crippen LogP contribution >= 0.6 is 0 Å². The molecule has 0 spiro atoms. The second-order valence-electron chi connectivity index (χ2n) is 5.50. The first-order valence-corrected chi connectivity index (χ1v) is 8.98. The Bertz CT molecular complexity index is 851. The summed E-state index contributed by atoms with van der Waals surface area (Å²) in [6.45, 7) is 1.02. The van der Waals surface area contributed by atoms with Gasteiger partial charge in [-0.15, -0.1) is 0 Å². The third kappa shape index (κ3) is 2.65. The van der Waals surface area contributed by atoms with E-state index < -0.39 is 10.0 Å². The number of fused-ring (bicyclic) bond motifs is 1. The normalized spacial score (nSPS) is 14.3. The lowest BCUT2D eigenvalue weighted by atomic mass is 10.2. The number of rotatable bonds is 4. The summed E-state index contributed by atoms with van der Waals surface area (Å²) in [5, 5.41) is 0. The van der Waals surface area contributed by atoms with Crippen LogP contribution in [0.4, 0.5) is 11.4 Å². The molecule has 2 aromatic rings. The van der Waals surface area contributed by atoms with Crippen molar-refractivity contribution in [3.05, 3.63) is 42.5 Å². The number of methoxy groups -OCH3 is 2. The highest BCUT2D eigenvalue weighted by Gasteiger charge is 2.31. The number of ether oxygens (including phenoxy) is 2. The maximum absolute atomic E-state index is 13.1. The van der Waals surface area contributed by atoms with Gasteiger partial charge in [0.1, 0.15) is 0 Å². The van der Waals surface area contributed by atoms with Crippen molar-refractivity contribution in [2.24, 2.45) is 0 Å². The zero-order valence-electron chi connectivity index (χ0n) is 13.9. The highest BCUT2D eigenvalue weighted by molar-refractivity contribution is 7.92. The van der Waals surface area contributed by atoms with Crippen molar-refractivity contribution < 1.29 is 17.9 Å². The van der Waals surface area contributed by atoms with Gasteiger partial charge < -0.3 is 14.4 Å². The molecule has 1 heterocycles. The zero-order chi connectivity index (χ0) is 17.3. The van der Waals surface area contributed by atoms with E-state index >= 15 is 0 Å². The number of hydrogen-bond acceptors (Lipinski definition) is 5. The summed E-state index contributed by atoms with van der Waals surface area (Å²) in [5.74, 6) is 0.885. The third-order valence-electron chi connectivity index (χ3n) is 4.14. The molecule has 0 atom stereocenters.